The van der Waals surface area contributed by atoms with Crippen molar-refractivity contribution in [3.05, 3.63) is 44.6 Å². The van der Waals surface area contributed by atoms with E-state index in [1.54, 1.807) is 18.7 Å². The summed E-state index contributed by atoms with van der Waals surface area (Å²) in [5, 5.41) is 21.9. The summed E-state index contributed by atoms with van der Waals surface area (Å²) in [4.78, 5) is 47.5. The molecule has 0 saturated heterocycles. The minimum Gasteiger partial charge on any atom is -0.477 e. The topological polar surface area (TPSA) is 165 Å². The number of nitrogens with zero attached hydrogens (tertiary/aromatic N) is 5. The van der Waals surface area contributed by atoms with E-state index in [0.29, 0.717) is 11.2 Å². The molecule has 0 bridgehead atoms. The van der Waals surface area contributed by atoms with E-state index in [-0.39, 0.29) is 22.6 Å². The van der Waals surface area contributed by atoms with Crippen molar-refractivity contribution in [2.75, 3.05) is 0 Å². The van der Waals surface area contributed by atoms with E-state index in [9.17, 15) is 19.2 Å². The van der Waals surface area contributed by atoms with Gasteiger partial charge in [0.05, 0.1) is 6.33 Å². The van der Waals surface area contributed by atoms with Crippen LogP contribution in [0.25, 0.3) is 11.2 Å². The van der Waals surface area contributed by atoms with Crippen LogP contribution in [0.2, 0.25) is 0 Å². The fourth-order valence-electron chi connectivity index (χ4n) is 2.01. The van der Waals surface area contributed by atoms with Gasteiger partial charge in [0.1, 0.15) is 5.69 Å². The van der Waals surface area contributed by atoms with Crippen molar-refractivity contribution in [2.24, 2.45) is 21.1 Å². The van der Waals surface area contributed by atoms with Crippen molar-refractivity contribution in [3.63, 3.8) is 0 Å². The quantitative estimate of drug-likeness (QED) is 0.517. The molecule has 0 radical (unpaired) electrons. The van der Waals surface area contributed by atoms with Gasteiger partial charge in [-0.25, -0.2) is 19.4 Å². The third-order valence-electron chi connectivity index (χ3n) is 3.34. The van der Waals surface area contributed by atoms with Crippen molar-refractivity contribution < 1.29 is 19.8 Å². The highest BCUT2D eigenvalue weighted by atomic mass is 16.4. The lowest BCUT2D eigenvalue weighted by molar-refractivity contribution is 0.0683. The Kier molecular flexibility index (Phi) is 4.54. The summed E-state index contributed by atoms with van der Waals surface area (Å²) in [6.45, 7) is 0. The molecule has 0 amide bonds. The fourth-order valence-corrected chi connectivity index (χ4v) is 2.01. The Morgan fingerprint density at radius 3 is 2.20 bits per heavy atom. The van der Waals surface area contributed by atoms with Crippen LogP contribution in [0, 0.1) is 0 Å². The van der Waals surface area contributed by atoms with E-state index >= 15 is 0 Å². The molecule has 3 rings (SSSR count). The molecule has 0 saturated carbocycles. The smallest absolute Gasteiger partial charge is 0.356 e. The van der Waals surface area contributed by atoms with Gasteiger partial charge in [0.2, 0.25) is 0 Å². The van der Waals surface area contributed by atoms with Crippen LogP contribution < -0.4 is 11.2 Å². The Morgan fingerprint density at radius 1 is 1.08 bits per heavy atom. The highest BCUT2D eigenvalue weighted by molar-refractivity contribution is 5.91. The number of aromatic nitrogens is 6. The molecule has 3 aromatic heterocycles. The first-order valence-electron chi connectivity index (χ1n) is 6.74. The maximum atomic E-state index is 11.7. The van der Waals surface area contributed by atoms with Gasteiger partial charge < -0.3 is 14.8 Å². The van der Waals surface area contributed by atoms with E-state index in [4.69, 9.17) is 10.2 Å². The van der Waals surface area contributed by atoms with Crippen LogP contribution in [0.3, 0.4) is 0 Å². The standard InChI is InChI=1S/C8H10N4O2.C5H4N2O4/c1-10-4-9-6-5(10)7(13)12(3)8(14)11(6)2;8-4(9)2-1-3(5(10)11)7-6-2/h4H,1-3H3;1H,(H,6,7)(H,8,9)(H,10,11). The highest BCUT2D eigenvalue weighted by Crippen LogP contribution is 2.01. The number of H-pyrrole nitrogens is 1. The molecule has 0 fully saturated rings. The first-order chi connectivity index (χ1) is 11.6. The second-order valence-corrected chi connectivity index (χ2v) is 5.01. The van der Waals surface area contributed by atoms with Crippen LogP contribution in [0.5, 0.6) is 0 Å². The Balaban J connectivity index is 0.000000186. The summed E-state index contributed by atoms with van der Waals surface area (Å²) in [6, 6.07) is 0.949. The molecule has 12 heteroatoms. The van der Waals surface area contributed by atoms with E-state index < -0.39 is 11.9 Å². The van der Waals surface area contributed by atoms with Crippen molar-refractivity contribution in [3.8, 4) is 0 Å². The fraction of sp³-hybridized carbons (Fsp3) is 0.231. The van der Waals surface area contributed by atoms with Gasteiger partial charge in [0.25, 0.3) is 5.56 Å². The zero-order valence-corrected chi connectivity index (χ0v) is 13.4. The molecular weight excluding hydrogens is 336 g/mol. The maximum Gasteiger partial charge on any atom is 0.356 e. The lowest BCUT2D eigenvalue weighted by Gasteiger charge is -2.02. The number of carbonyl (C=O) groups is 2. The molecule has 0 unspecified atom stereocenters. The van der Waals surface area contributed by atoms with Crippen LogP contribution >= 0.6 is 0 Å². The Labute approximate surface area is 138 Å². The third-order valence-corrected chi connectivity index (χ3v) is 3.34. The third kappa shape index (κ3) is 3.17. The van der Waals surface area contributed by atoms with Gasteiger partial charge in [0, 0.05) is 27.2 Å². The number of imidazole rings is 1. The molecule has 3 heterocycles. The summed E-state index contributed by atoms with van der Waals surface area (Å²) >= 11 is 0. The van der Waals surface area contributed by atoms with E-state index in [2.05, 4.69) is 15.2 Å². The molecule has 12 nitrogen and oxygen atoms in total. The van der Waals surface area contributed by atoms with Gasteiger partial charge in [-0.1, -0.05) is 0 Å². The van der Waals surface area contributed by atoms with Crippen LogP contribution in [0.15, 0.2) is 22.0 Å². The number of carboxylic acid groups (broad SMARTS) is 2. The Hall–Kier alpha value is -3.70. The lowest BCUT2D eigenvalue weighted by Crippen LogP contribution is -2.37. The van der Waals surface area contributed by atoms with Crippen LogP contribution in [-0.4, -0.2) is 51.0 Å². The predicted molar refractivity (Wildman–Crippen MR) is 83.7 cm³/mol. The number of rotatable bonds is 2. The Bertz CT molecular complexity index is 1060. The molecule has 0 aromatic carbocycles. The second-order valence-electron chi connectivity index (χ2n) is 5.01. The summed E-state index contributed by atoms with van der Waals surface area (Å²) < 4.78 is 4.04. The monoisotopic (exact) mass is 350 g/mol. The van der Waals surface area contributed by atoms with Gasteiger partial charge in [-0.3, -0.25) is 19.0 Å². The second kappa shape index (κ2) is 6.43. The minimum atomic E-state index is -1.26. The summed E-state index contributed by atoms with van der Waals surface area (Å²) in [5.74, 6) is -2.49. The number of fused-ring (bicyclic) bond motifs is 1. The van der Waals surface area contributed by atoms with E-state index in [0.717, 1.165) is 10.6 Å². The first-order valence-corrected chi connectivity index (χ1v) is 6.74. The summed E-state index contributed by atoms with van der Waals surface area (Å²) in [5.41, 5.74) is -0.357. The number of aromatic carboxylic acids is 2. The Morgan fingerprint density at radius 2 is 1.72 bits per heavy atom. The van der Waals surface area contributed by atoms with Gasteiger partial charge in [-0.2, -0.15) is 5.10 Å². The van der Waals surface area contributed by atoms with Crippen LogP contribution in [0.4, 0.5) is 0 Å². The molecule has 3 N–H and O–H groups in total. The van der Waals surface area contributed by atoms with Crippen molar-refractivity contribution in [1.29, 1.82) is 0 Å². The van der Waals surface area contributed by atoms with E-state index in [1.165, 1.54) is 17.9 Å². The maximum absolute atomic E-state index is 11.7. The number of aromatic amines is 1. The van der Waals surface area contributed by atoms with Gasteiger partial charge >= 0.3 is 17.6 Å². The van der Waals surface area contributed by atoms with Crippen LogP contribution in [0.1, 0.15) is 21.0 Å². The first kappa shape index (κ1) is 17.7. The molecule has 3 aromatic rings. The van der Waals surface area contributed by atoms with Gasteiger partial charge in [0.15, 0.2) is 16.9 Å². The molecule has 0 aliphatic heterocycles. The molecule has 0 aliphatic rings. The largest absolute Gasteiger partial charge is 0.477 e. The number of hydrogen-bond acceptors (Lipinski definition) is 6. The zero-order chi connectivity index (χ0) is 18.9. The molecule has 0 atom stereocenters. The van der Waals surface area contributed by atoms with Crippen molar-refractivity contribution >= 4 is 23.1 Å². The number of carboxylic acids is 2. The minimum absolute atomic E-state index is 0.234. The summed E-state index contributed by atoms with van der Waals surface area (Å²) in [7, 11) is 4.77. The molecule has 25 heavy (non-hydrogen) atoms. The van der Waals surface area contributed by atoms with Gasteiger partial charge in [-0.15, -0.1) is 0 Å². The predicted octanol–water partition coefficient (Wildman–Crippen LogP) is -1.22. The normalized spacial score (nSPS) is 10.4. The molecule has 0 aliphatic carbocycles. The SMILES string of the molecule is Cn1c(=O)c2c(ncn2C)n(C)c1=O.O=C(O)c1cc(C(=O)O)[nH]n1. The molecular formula is C13H14N6O6. The molecule has 132 valence electrons. The van der Waals surface area contributed by atoms with Crippen molar-refractivity contribution in [1.82, 2.24) is 28.9 Å². The number of hydrogen-bond donors (Lipinski definition) is 3. The zero-order valence-electron chi connectivity index (χ0n) is 13.4. The van der Waals surface area contributed by atoms with Gasteiger partial charge in [-0.05, 0) is 0 Å². The summed E-state index contributed by atoms with van der Waals surface area (Å²) in [6.07, 6.45) is 1.52. The van der Waals surface area contributed by atoms with Crippen molar-refractivity contribution in [2.45, 2.75) is 0 Å². The van der Waals surface area contributed by atoms with E-state index in [1.807, 2.05) is 0 Å². The molecule has 0 spiro atoms. The number of aryl methyl sites for hydroxylation is 2. The van der Waals surface area contributed by atoms with Crippen LogP contribution in [-0.2, 0) is 21.1 Å². The lowest BCUT2D eigenvalue weighted by atomic mass is 10.3. The average Bonchev–Trinajstić information content (AvgIpc) is 3.18. The highest BCUT2D eigenvalue weighted by Gasteiger charge is 2.12. The average molecular weight is 350 g/mol. The number of nitrogens with one attached hydrogen (secondary N) is 1.